The number of nitrogens with zero attached hydrogens (tertiary/aromatic N) is 1. The van der Waals surface area contributed by atoms with Gasteiger partial charge in [0.1, 0.15) is 17.3 Å². The highest BCUT2D eigenvalue weighted by Crippen LogP contribution is 2.26. The molecule has 0 aliphatic heterocycles. The zero-order chi connectivity index (χ0) is 13.1. The molecule has 4 nitrogen and oxygen atoms in total. The topological polar surface area (TPSA) is 63.2 Å². The maximum absolute atomic E-state index is 11.6. The molecule has 0 radical (unpaired) electrons. The van der Waals surface area contributed by atoms with Gasteiger partial charge in [0, 0.05) is 5.39 Å². The number of furan rings is 1. The summed E-state index contributed by atoms with van der Waals surface area (Å²) in [7, 11) is 0. The zero-order valence-corrected chi connectivity index (χ0v) is 10.3. The Bertz CT molecular complexity index is 621. The van der Waals surface area contributed by atoms with Gasteiger partial charge in [-0.3, -0.25) is 4.79 Å². The van der Waals surface area contributed by atoms with Gasteiger partial charge in [0.15, 0.2) is 0 Å². The van der Waals surface area contributed by atoms with Crippen molar-refractivity contribution < 1.29 is 13.9 Å². The van der Waals surface area contributed by atoms with Crippen LogP contribution < -0.4 is 0 Å². The molecule has 0 N–H and O–H groups in total. The number of ether oxygens (including phenoxy) is 1. The molecule has 4 heteroatoms. The average molecular weight is 243 g/mol. The van der Waals surface area contributed by atoms with Gasteiger partial charge < -0.3 is 9.15 Å². The highest BCUT2D eigenvalue weighted by molar-refractivity contribution is 5.83. The lowest BCUT2D eigenvalue weighted by Crippen LogP contribution is -2.12. The number of hydrogen-bond donors (Lipinski definition) is 0. The molecule has 0 aliphatic carbocycles. The van der Waals surface area contributed by atoms with Crippen molar-refractivity contribution in [3.8, 4) is 6.07 Å². The molecule has 0 amide bonds. The summed E-state index contributed by atoms with van der Waals surface area (Å²) in [5.41, 5.74) is 1.23. The molecule has 92 valence electrons. The second-order valence-electron chi connectivity index (χ2n) is 3.99. The van der Waals surface area contributed by atoms with Crippen LogP contribution in [0.25, 0.3) is 11.0 Å². The second kappa shape index (κ2) is 4.92. The molecule has 0 saturated heterocycles. The minimum atomic E-state index is -0.442. The molecule has 0 saturated carbocycles. The van der Waals surface area contributed by atoms with Gasteiger partial charge in [-0.15, -0.1) is 0 Å². The van der Waals surface area contributed by atoms with Crippen LogP contribution in [0.15, 0.2) is 28.7 Å². The first-order chi connectivity index (χ1) is 8.65. The minimum absolute atomic E-state index is 0.308. The lowest BCUT2D eigenvalue weighted by molar-refractivity contribution is -0.144. The van der Waals surface area contributed by atoms with Crippen molar-refractivity contribution in [3.05, 3.63) is 35.6 Å². The Morgan fingerprint density at radius 3 is 2.94 bits per heavy atom. The molecule has 0 aliphatic rings. The van der Waals surface area contributed by atoms with Crippen molar-refractivity contribution in [1.82, 2.24) is 0 Å². The Hall–Kier alpha value is -2.28. The van der Waals surface area contributed by atoms with E-state index in [9.17, 15) is 4.79 Å². The molecule has 1 aromatic carbocycles. The first-order valence-corrected chi connectivity index (χ1v) is 5.76. The van der Waals surface area contributed by atoms with Crippen LogP contribution in [0, 0.1) is 11.3 Å². The monoisotopic (exact) mass is 243 g/mol. The Kier molecular flexibility index (Phi) is 3.33. The second-order valence-corrected chi connectivity index (χ2v) is 3.99. The van der Waals surface area contributed by atoms with Gasteiger partial charge in [-0.2, -0.15) is 5.26 Å². The van der Waals surface area contributed by atoms with Crippen LogP contribution in [0.4, 0.5) is 0 Å². The van der Waals surface area contributed by atoms with Gasteiger partial charge in [-0.1, -0.05) is 0 Å². The lowest BCUT2D eigenvalue weighted by Gasteiger charge is -2.06. The Labute approximate surface area is 105 Å². The summed E-state index contributed by atoms with van der Waals surface area (Å²) < 4.78 is 10.5. The van der Waals surface area contributed by atoms with E-state index in [0.29, 0.717) is 23.5 Å². The van der Waals surface area contributed by atoms with Crippen molar-refractivity contribution in [2.24, 2.45) is 0 Å². The molecule has 1 heterocycles. The summed E-state index contributed by atoms with van der Waals surface area (Å²) in [5, 5.41) is 9.64. The first kappa shape index (κ1) is 12.2. The summed E-state index contributed by atoms with van der Waals surface area (Å²) in [4.78, 5) is 11.6. The quantitative estimate of drug-likeness (QED) is 0.777. The van der Waals surface area contributed by atoms with Gasteiger partial charge in [0.2, 0.25) is 0 Å². The maximum Gasteiger partial charge on any atom is 0.316 e. The number of fused-ring (bicyclic) bond motifs is 1. The zero-order valence-electron chi connectivity index (χ0n) is 10.3. The fourth-order valence-electron chi connectivity index (χ4n) is 1.73. The van der Waals surface area contributed by atoms with Gasteiger partial charge in [-0.25, -0.2) is 0 Å². The number of carbonyl (C=O) groups excluding carboxylic acids is 1. The summed E-state index contributed by atoms with van der Waals surface area (Å²) in [6, 6.07) is 9.00. The highest BCUT2D eigenvalue weighted by Gasteiger charge is 2.20. The van der Waals surface area contributed by atoms with Gasteiger partial charge >= 0.3 is 5.97 Å². The van der Waals surface area contributed by atoms with Crippen LogP contribution in [0.1, 0.15) is 31.1 Å². The van der Waals surface area contributed by atoms with Crippen LogP contribution in [0.2, 0.25) is 0 Å². The summed E-state index contributed by atoms with van der Waals surface area (Å²) in [6.07, 6.45) is 0. The van der Waals surface area contributed by atoms with E-state index in [1.165, 1.54) is 0 Å². The van der Waals surface area contributed by atoms with E-state index >= 15 is 0 Å². The molecule has 1 atom stereocenters. The summed E-state index contributed by atoms with van der Waals surface area (Å²) in [5.74, 6) is -0.196. The van der Waals surface area contributed by atoms with E-state index in [-0.39, 0.29) is 5.97 Å². The third kappa shape index (κ3) is 2.21. The Morgan fingerprint density at radius 2 is 2.28 bits per heavy atom. The molecule has 1 unspecified atom stereocenters. The van der Waals surface area contributed by atoms with Crippen LogP contribution in [-0.4, -0.2) is 12.6 Å². The smallest absolute Gasteiger partial charge is 0.316 e. The molecule has 0 fully saturated rings. The van der Waals surface area contributed by atoms with E-state index in [0.717, 1.165) is 5.39 Å². The van der Waals surface area contributed by atoms with Crippen molar-refractivity contribution in [3.63, 3.8) is 0 Å². The highest BCUT2D eigenvalue weighted by atomic mass is 16.5. The Balaban J connectivity index is 2.35. The van der Waals surface area contributed by atoms with Crippen molar-refractivity contribution >= 4 is 16.9 Å². The number of rotatable bonds is 3. The molecular formula is C14H13NO3. The third-order valence-corrected chi connectivity index (χ3v) is 2.73. The van der Waals surface area contributed by atoms with Crippen molar-refractivity contribution in [2.75, 3.05) is 6.61 Å². The van der Waals surface area contributed by atoms with E-state index in [2.05, 4.69) is 6.07 Å². The molecule has 2 rings (SSSR count). The lowest BCUT2D eigenvalue weighted by atomic mass is 10.1. The number of carbonyl (C=O) groups is 1. The van der Waals surface area contributed by atoms with Crippen molar-refractivity contribution in [2.45, 2.75) is 19.8 Å². The predicted molar refractivity (Wildman–Crippen MR) is 66.0 cm³/mol. The standard InChI is InChI=1S/C14H13NO3/c1-3-17-14(16)9(2)13-7-11-6-10(8-15)4-5-12(11)18-13/h4-7,9H,3H2,1-2H3. The normalized spacial score (nSPS) is 12.1. The van der Waals surface area contributed by atoms with Crippen LogP contribution in [-0.2, 0) is 9.53 Å². The molecule has 18 heavy (non-hydrogen) atoms. The fourth-order valence-corrected chi connectivity index (χ4v) is 1.73. The Morgan fingerprint density at radius 1 is 1.50 bits per heavy atom. The summed E-state index contributed by atoms with van der Waals surface area (Å²) in [6.45, 7) is 3.85. The number of benzene rings is 1. The number of nitriles is 1. The van der Waals surface area contributed by atoms with E-state index in [1.54, 1.807) is 38.1 Å². The number of esters is 1. The van der Waals surface area contributed by atoms with E-state index in [4.69, 9.17) is 14.4 Å². The maximum atomic E-state index is 11.6. The van der Waals surface area contributed by atoms with Gasteiger partial charge in [0.05, 0.1) is 18.2 Å². The average Bonchev–Trinajstić information content (AvgIpc) is 2.80. The predicted octanol–water partition coefficient (Wildman–Crippen LogP) is 2.97. The van der Waals surface area contributed by atoms with Gasteiger partial charge in [-0.05, 0) is 38.1 Å². The van der Waals surface area contributed by atoms with Crippen molar-refractivity contribution in [1.29, 1.82) is 5.26 Å². The minimum Gasteiger partial charge on any atom is -0.465 e. The SMILES string of the molecule is CCOC(=O)C(C)c1cc2cc(C#N)ccc2o1. The van der Waals surface area contributed by atoms with Crippen LogP contribution in [0.5, 0.6) is 0 Å². The van der Waals surface area contributed by atoms with Crippen LogP contribution in [0.3, 0.4) is 0 Å². The first-order valence-electron chi connectivity index (χ1n) is 5.76. The third-order valence-electron chi connectivity index (χ3n) is 2.73. The largest absolute Gasteiger partial charge is 0.465 e. The van der Waals surface area contributed by atoms with Gasteiger partial charge in [0.25, 0.3) is 0 Å². The number of hydrogen-bond acceptors (Lipinski definition) is 4. The molecule has 0 spiro atoms. The molecule has 2 aromatic rings. The van der Waals surface area contributed by atoms with E-state index < -0.39 is 5.92 Å². The molecule has 0 bridgehead atoms. The molecule has 1 aromatic heterocycles. The van der Waals surface area contributed by atoms with E-state index in [1.807, 2.05) is 0 Å². The summed E-state index contributed by atoms with van der Waals surface area (Å²) >= 11 is 0. The van der Waals surface area contributed by atoms with Crippen LogP contribution >= 0.6 is 0 Å². The molecular weight excluding hydrogens is 230 g/mol. The fraction of sp³-hybridized carbons (Fsp3) is 0.286.